The Morgan fingerprint density at radius 1 is 1.60 bits per heavy atom. The van der Waals surface area contributed by atoms with E-state index in [-0.39, 0.29) is 5.97 Å². The first-order chi connectivity index (χ1) is 7.11. The molecule has 0 aliphatic carbocycles. The minimum absolute atomic E-state index is 0.361. The van der Waals surface area contributed by atoms with Gasteiger partial charge < -0.3 is 9.47 Å². The molecule has 1 aliphatic heterocycles. The molecule has 0 fully saturated rings. The van der Waals surface area contributed by atoms with Crippen molar-refractivity contribution in [3.8, 4) is 5.75 Å². The number of hydrogen-bond acceptors (Lipinski definition) is 3. The fraction of sp³-hybridized carbons (Fsp3) is 0.364. The van der Waals surface area contributed by atoms with Crippen LogP contribution in [0.15, 0.2) is 12.1 Å². The van der Waals surface area contributed by atoms with Gasteiger partial charge in [0.15, 0.2) is 6.10 Å². The molecular formula is C11H11ClO3. The van der Waals surface area contributed by atoms with Gasteiger partial charge in [0.1, 0.15) is 5.75 Å². The smallest absolute Gasteiger partial charge is 0.347 e. The van der Waals surface area contributed by atoms with Gasteiger partial charge in [0, 0.05) is 17.0 Å². The van der Waals surface area contributed by atoms with E-state index < -0.39 is 6.10 Å². The average Bonchev–Trinajstić information content (AvgIpc) is 2.60. The molecule has 1 aromatic carbocycles. The third-order valence-electron chi connectivity index (χ3n) is 2.42. The largest absolute Gasteiger partial charge is 0.478 e. The van der Waals surface area contributed by atoms with Crippen molar-refractivity contribution in [2.45, 2.75) is 19.4 Å². The third kappa shape index (κ3) is 1.79. The molecule has 0 bridgehead atoms. The van der Waals surface area contributed by atoms with Crippen LogP contribution in [0.5, 0.6) is 5.75 Å². The van der Waals surface area contributed by atoms with Crippen molar-refractivity contribution in [1.82, 2.24) is 0 Å². The average molecular weight is 227 g/mol. The van der Waals surface area contributed by atoms with Crippen LogP contribution in [-0.4, -0.2) is 19.2 Å². The summed E-state index contributed by atoms with van der Waals surface area (Å²) in [4.78, 5) is 11.3. The Balaban J connectivity index is 2.31. The van der Waals surface area contributed by atoms with Crippen LogP contribution in [0.25, 0.3) is 0 Å². The second-order valence-electron chi connectivity index (χ2n) is 3.56. The number of halogens is 1. The number of methoxy groups -OCH3 is 1. The zero-order valence-electron chi connectivity index (χ0n) is 8.54. The minimum atomic E-state index is -0.552. The predicted octanol–water partition coefficient (Wildman–Crippen LogP) is 2.12. The molecule has 0 spiro atoms. The van der Waals surface area contributed by atoms with E-state index in [0.29, 0.717) is 17.2 Å². The first kappa shape index (κ1) is 10.3. The van der Waals surface area contributed by atoms with E-state index in [1.165, 1.54) is 7.11 Å². The molecule has 0 N–H and O–H groups in total. The Hall–Kier alpha value is -1.22. The van der Waals surface area contributed by atoms with Crippen molar-refractivity contribution in [2.75, 3.05) is 7.11 Å². The zero-order valence-corrected chi connectivity index (χ0v) is 9.30. The summed E-state index contributed by atoms with van der Waals surface area (Å²) in [7, 11) is 1.35. The van der Waals surface area contributed by atoms with Gasteiger partial charge in [-0.15, -0.1) is 0 Å². The Morgan fingerprint density at radius 3 is 3.00 bits per heavy atom. The summed E-state index contributed by atoms with van der Waals surface area (Å²) in [6.45, 7) is 1.93. The second kappa shape index (κ2) is 3.74. The van der Waals surface area contributed by atoms with Crippen molar-refractivity contribution < 1.29 is 14.3 Å². The van der Waals surface area contributed by atoms with E-state index in [9.17, 15) is 4.79 Å². The summed E-state index contributed by atoms with van der Waals surface area (Å²) >= 11 is 6.06. The lowest BCUT2D eigenvalue weighted by atomic mass is 10.1. The number of fused-ring (bicyclic) bond motifs is 1. The Bertz CT molecular complexity index is 415. The summed E-state index contributed by atoms with van der Waals surface area (Å²) in [5.41, 5.74) is 1.90. The normalized spacial score (nSPS) is 18.2. The molecule has 1 unspecified atom stereocenters. The van der Waals surface area contributed by atoms with Crippen LogP contribution in [0, 0.1) is 6.92 Å². The molecule has 1 aliphatic rings. The van der Waals surface area contributed by atoms with Gasteiger partial charge in [-0.1, -0.05) is 11.6 Å². The van der Waals surface area contributed by atoms with Crippen molar-refractivity contribution in [3.63, 3.8) is 0 Å². The second-order valence-corrected chi connectivity index (χ2v) is 3.96. The maximum absolute atomic E-state index is 11.3. The maximum atomic E-state index is 11.3. The molecule has 0 radical (unpaired) electrons. The van der Waals surface area contributed by atoms with Crippen LogP contribution in [0.3, 0.4) is 0 Å². The van der Waals surface area contributed by atoms with E-state index in [2.05, 4.69) is 4.74 Å². The van der Waals surface area contributed by atoms with Crippen LogP contribution in [-0.2, 0) is 16.0 Å². The lowest BCUT2D eigenvalue weighted by Crippen LogP contribution is -2.26. The molecule has 0 saturated carbocycles. The van der Waals surface area contributed by atoms with Crippen molar-refractivity contribution in [2.24, 2.45) is 0 Å². The Kier molecular flexibility index (Phi) is 2.57. The molecule has 4 heteroatoms. The first-order valence-corrected chi connectivity index (χ1v) is 5.03. The molecule has 2 rings (SSSR count). The number of esters is 1. The molecule has 1 atom stereocenters. The topological polar surface area (TPSA) is 35.5 Å². The summed E-state index contributed by atoms with van der Waals surface area (Å²) < 4.78 is 10.1. The fourth-order valence-electron chi connectivity index (χ4n) is 1.69. The van der Waals surface area contributed by atoms with Gasteiger partial charge in [0.2, 0.25) is 0 Å². The van der Waals surface area contributed by atoms with Crippen LogP contribution >= 0.6 is 11.6 Å². The molecule has 1 aromatic rings. The van der Waals surface area contributed by atoms with Gasteiger partial charge in [0.05, 0.1) is 7.11 Å². The standard InChI is InChI=1S/C11H11ClO3/c1-6-3-8(12)7-5-10(11(13)14-2)15-9(7)4-6/h3-4,10H,5H2,1-2H3. The quantitative estimate of drug-likeness (QED) is 0.689. The van der Waals surface area contributed by atoms with Gasteiger partial charge in [-0.25, -0.2) is 4.79 Å². The van der Waals surface area contributed by atoms with Gasteiger partial charge in [0.25, 0.3) is 0 Å². The monoisotopic (exact) mass is 226 g/mol. The van der Waals surface area contributed by atoms with Gasteiger partial charge in [-0.2, -0.15) is 0 Å². The van der Waals surface area contributed by atoms with Crippen molar-refractivity contribution in [3.05, 3.63) is 28.3 Å². The van der Waals surface area contributed by atoms with Gasteiger partial charge in [-0.3, -0.25) is 0 Å². The van der Waals surface area contributed by atoms with Crippen molar-refractivity contribution >= 4 is 17.6 Å². The summed E-state index contributed by atoms with van der Waals surface area (Å²) in [5, 5.41) is 0.649. The van der Waals surface area contributed by atoms with Gasteiger partial charge in [-0.05, 0) is 24.6 Å². The van der Waals surface area contributed by atoms with E-state index in [0.717, 1.165) is 11.1 Å². The summed E-state index contributed by atoms with van der Waals surface area (Å²) in [6, 6.07) is 3.74. The number of aryl methyl sites for hydroxylation is 1. The molecule has 0 saturated heterocycles. The zero-order chi connectivity index (χ0) is 11.0. The number of hydrogen-bond donors (Lipinski definition) is 0. The number of rotatable bonds is 1. The molecule has 0 aromatic heterocycles. The number of ether oxygens (including phenoxy) is 2. The molecule has 15 heavy (non-hydrogen) atoms. The molecule has 80 valence electrons. The SMILES string of the molecule is COC(=O)C1Cc2c(Cl)cc(C)cc2O1. The highest BCUT2D eigenvalue weighted by molar-refractivity contribution is 6.31. The Labute approximate surface area is 92.9 Å². The molecule has 3 nitrogen and oxygen atoms in total. The molecule has 0 amide bonds. The highest BCUT2D eigenvalue weighted by atomic mass is 35.5. The lowest BCUT2D eigenvalue weighted by Gasteiger charge is -2.07. The van der Waals surface area contributed by atoms with Crippen LogP contribution in [0.4, 0.5) is 0 Å². The van der Waals surface area contributed by atoms with Crippen LogP contribution < -0.4 is 4.74 Å². The van der Waals surface area contributed by atoms with Gasteiger partial charge >= 0.3 is 5.97 Å². The van der Waals surface area contributed by atoms with Crippen LogP contribution in [0.2, 0.25) is 5.02 Å². The number of carbonyl (C=O) groups excluding carboxylic acids is 1. The molecule has 1 heterocycles. The Morgan fingerprint density at radius 2 is 2.33 bits per heavy atom. The van der Waals surface area contributed by atoms with E-state index >= 15 is 0 Å². The number of carbonyl (C=O) groups is 1. The first-order valence-electron chi connectivity index (χ1n) is 4.65. The fourth-order valence-corrected chi connectivity index (χ4v) is 2.03. The van der Waals surface area contributed by atoms with E-state index in [4.69, 9.17) is 16.3 Å². The van der Waals surface area contributed by atoms with Crippen LogP contribution in [0.1, 0.15) is 11.1 Å². The highest BCUT2D eigenvalue weighted by Crippen LogP contribution is 2.35. The van der Waals surface area contributed by atoms with E-state index in [1.54, 1.807) is 0 Å². The minimum Gasteiger partial charge on any atom is -0.478 e. The molecular weight excluding hydrogens is 216 g/mol. The number of benzene rings is 1. The van der Waals surface area contributed by atoms with Crippen molar-refractivity contribution in [1.29, 1.82) is 0 Å². The maximum Gasteiger partial charge on any atom is 0.347 e. The highest BCUT2D eigenvalue weighted by Gasteiger charge is 2.31. The predicted molar refractivity (Wildman–Crippen MR) is 56.3 cm³/mol. The lowest BCUT2D eigenvalue weighted by molar-refractivity contribution is -0.147. The van der Waals surface area contributed by atoms with E-state index in [1.807, 2.05) is 19.1 Å². The third-order valence-corrected chi connectivity index (χ3v) is 2.76. The summed E-state index contributed by atoms with van der Waals surface area (Å²) in [5.74, 6) is 0.329. The summed E-state index contributed by atoms with van der Waals surface area (Å²) in [6.07, 6.45) is -0.0644.